The summed E-state index contributed by atoms with van der Waals surface area (Å²) >= 11 is 0. The molecule has 1 atom stereocenters. The summed E-state index contributed by atoms with van der Waals surface area (Å²) in [7, 11) is 0. The summed E-state index contributed by atoms with van der Waals surface area (Å²) in [6.45, 7) is 0.528. The average Bonchev–Trinajstić information content (AvgIpc) is 2.96. The van der Waals surface area contributed by atoms with Crippen molar-refractivity contribution in [3.05, 3.63) is 29.7 Å². The maximum absolute atomic E-state index is 12.1. The van der Waals surface area contributed by atoms with Crippen molar-refractivity contribution in [1.29, 1.82) is 0 Å². The molecular formula is C12H13N3O2. The number of nitrogens with one attached hydrogen (secondary N) is 1. The molecule has 0 amide bonds. The molecule has 5 nitrogen and oxygen atoms in total. The van der Waals surface area contributed by atoms with Crippen LogP contribution in [0.3, 0.4) is 0 Å². The van der Waals surface area contributed by atoms with Gasteiger partial charge >= 0.3 is 0 Å². The molecule has 88 valence electrons. The van der Waals surface area contributed by atoms with Crippen LogP contribution in [0.4, 0.5) is 0 Å². The van der Waals surface area contributed by atoms with Gasteiger partial charge in [0.2, 0.25) is 0 Å². The Kier molecular flexibility index (Phi) is 2.33. The lowest BCUT2D eigenvalue weighted by molar-refractivity contribution is 0.0951. The summed E-state index contributed by atoms with van der Waals surface area (Å²) in [4.78, 5) is 12.1. The summed E-state index contributed by atoms with van der Waals surface area (Å²) in [5.41, 5.74) is 7.78. The molecule has 0 aromatic carbocycles. The molecule has 1 unspecified atom stereocenters. The molecule has 3 rings (SSSR count). The van der Waals surface area contributed by atoms with Crippen LogP contribution in [0.25, 0.3) is 11.5 Å². The molecule has 0 saturated heterocycles. The van der Waals surface area contributed by atoms with Crippen LogP contribution in [-0.4, -0.2) is 22.5 Å². The van der Waals surface area contributed by atoms with E-state index in [-0.39, 0.29) is 11.7 Å². The van der Waals surface area contributed by atoms with Crippen LogP contribution < -0.4 is 5.73 Å². The van der Waals surface area contributed by atoms with Crippen LogP contribution in [0.2, 0.25) is 0 Å². The third-order valence-corrected chi connectivity index (χ3v) is 3.17. The molecule has 0 aliphatic heterocycles. The number of fused-ring (bicyclic) bond motifs is 1. The first-order valence-corrected chi connectivity index (χ1v) is 5.64. The summed E-state index contributed by atoms with van der Waals surface area (Å²) in [6.07, 6.45) is 2.86. The molecule has 0 fully saturated rings. The zero-order valence-electron chi connectivity index (χ0n) is 9.27. The minimum atomic E-state index is 0.0989. The van der Waals surface area contributed by atoms with Gasteiger partial charge in [0.05, 0.1) is 11.8 Å². The second kappa shape index (κ2) is 3.85. The van der Waals surface area contributed by atoms with Crippen molar-refractivity contribution >= 4 is 5.78 Å². The monoisotopic (exact) mass is 231 g/mol. The van der Waals surface area contributed by atoms with Crippen LogP contribution in [-0.2, 0) is 6.42 Å². The van der Waals surface area contributed by atoms with Crippen molar-refractivity contribution in [2.45, 2.75) is 12.8 Å². The molecule has 0 radical (unpaired) electrons. The molecule has 17 heavy (non-hydrogen) atoms. The number of ketones is 1. The topological polar surface area (TPSA) is 84.9 Å². The molecule has 2 heterocycles. The van der Waals surface area contributed by atoms with Gasteiger partial charge in [-0.3, -0.25) is 9.89 Å². The lowest BCUT2D eigenvalue weighted by atomic mass is 9.85. The lowest BCUT2D eigenvalue weighted by Gasteiger charge is -2.18. The third kappa shape index (κ3) is 1.59. The van der Waals surface area contributed by atoms with Crippen molar-refractivity contribution in [3.63, 3.8) is 0 Å². The number of aromatic nitrogens is 2. The number of nitrogens with zero attached hydrogens (tertiary/aromatic N) is 1. The lowest BCUT2D eigenvalue weighted by Crippen LogP contribution is -2.25. The molecule has 1 aliphatic rings. The van der Waals surface area contributed by atoms with E-state index >= 15 is 0 Å². The molecule has 0 saturated carbocycles. The fourth-order valence-electron chi connectivity index (χ4n) is 2.31. The quantitative estimate of drug-likeness (QED) is 0.817. The van der Waals surface area contributed by atoms with Gasteiger partial charge in [-0.15, -0.1) is 0 Å². The second-order valence-corrected chi connectivity index (χ2v) is 4.34. The van der Waals surface area contributed by atoms with E-state index in [2.05, 4.69) is 10.2 Å². The predicted molar refractivity (Wildman–Crippen MR) is 61.5 cm³/mol. The third-order valence-electron chi connectivity index (χ3n) is 3.17. The van der Waals surface area contributed by atoms with Gasteiger partial charge < -0.3 is 10.2 Å². The van der Waals surface area contributed by atoms with Gasteiger partial charge in [0.1, 0.15) is 5.69 Å². The number of Topliss-reactive ketones (excluding diaryl/α,β-unsaturated/α-hetero) is 1. The number of carbonyl (C=O) groups is 1. The highest BCUT2D eigenvalue weighted by Crippen LogP contribution is 2.31. The minimum absolute atomic E-state index is 0.0989. The Bertz CT molecular complexity index is 542. The van der Waals surface area contributed by atoms with Gasteiger partial charge in [0.25, 0.3) is 0 Å². The molecular weight excluding hydrogens is 218 g/mol. The highest BCUT2D eigenvalue weighted by atomic mass is 16.3. The Morgan fingerprint density at radius 1 is 1.53 bits per heavy atom. The summed E-state index contributed by atoms with van der Waals surface area (Å²) < 4.78 is 5.29. The first-order chi connectivity index (χ1) is 8.29. The molecule has 0 spiro atoms. The molecule has 5 heteroatoms. The van der Waals surface area contributed by atoms with E-state index in [0.717, 1.165) is 12.1 Å². The molecule has 3 N–H and O–H groups in total. The van der Waals surface area contributed by atoms with Crippen LogP contribution >= 0.6 is 0 Å². The van der Waals surface area contributed by atoms with Crippen LogP contribution in [0.15, 0.2) is 22.8 Å². The van der Waals surface area contributed by atoms with E-state index in [1.54, 1.807) is 18.4 Å². The van der Waals surface area contributed by atoms with Crippen LogP contribution in [0, 0.1) is 5.92 Å². The summed E-state index contributed by atoms with van der Waals surface area (Å²) in [5.74, 6) is 0.948. The first-order valence-electron chi connectivity index (χ1n) is 5.64. The van der Waals surface area contributed by atoms with E-state index < -0.39 is 0 Å². The maximum atomic E-state index is 12.1. The smallest absolute Gasteiger partial charge is 0.167 e. The standard InChI is InChI=1S/C12H13N3O2/c13-6-7-4-8-11(9(16)5-7)12(15-14-8)10-2-1-3-17-10/h1-3,7H,4-6,13H2,(H,14,15). The number of hydrogen-bond donors (Lipinski definition) is 2. The van der Waals surface area contributed by atoms with Crippen molar-refractivity contribution in [2.24, 2.45) is 11.7 Å². The second-order valence-electron chi connectivity index (χ2n) is 4.34. The molecule has 2 aromatic heterocycles. The molecule has 0 bridgehead atoms. The Balaban J connectivity index is 2.06. The van der Waals surface area contributed by atoms with E-state index in [1.807, 2.05) is 0 Å². The highest BCUT2D eigenvalue weighted by molar-refractivity contribution is 6.03. The van der Waals surface area contributed by atoms with Gasteiger partial charge in [0.15, 0.2) is 11.5 Å². The van der Waals surface area contributed by atoms with Gasteiger partial charge in [-0.1, -0.05) is 0 Å². The van der Waals surface area contributed by atoms with Crippen molar-refractivity contribution in [2.75, 3.05) is 6.54 Å². The summed E-state index contributed by atoms with van der Waals surface area (Å²) in [5, 5.41) is 7.10. The number of carbonyl (C=O) groups excluding carboxylic acids is 1. The van der Waals surface area contributed by atoms with Crippen LogP contribution in [0.1, 0.15) is 22.5 Å². The fraction of sp³-hybridized carbons (Fsp3) is 0.333. The van der Waals surface area contributed by atoms with E-state index in [0.29, 0.717) is 30.0 Å². The highest BCUT2D eigenvalue weighted by Gasteiger charge is 2.30. The number of H-pyrrole nitrogens is 1. The van der Waals surface area contributed by atoms with Crippen molar-refractivity contribution in [3.8, 4) is 11.5 Å². The van der Waals surface area contributed by atoms with Gasteiger partial charge in [-0.25, -0.2) is 0 Å². The average molecular weight is 231 g/mol. The predicted octanol–water partition coefficient (Wildman–Crippen LogP) is 1.37. The van der Waals surface area contributed by atoms with Gasteiger partial charge in [0, 0.05) is 12.1 Å². The number of nitrogens with two attached hydrogens (primary N) is 1. The largest absolute Gasteiger partial charge is 0.463 e. The van der Waals surface area contributed by atoms with E-state index in [1.165, 1.54) is 0 Å². The van der Waals surface area contributed by atoms with Crippen molar-refractivity contribution in [1.82, 2.24) is 10.2 Å². The molecule has 2 aromatic rings. The van der Waals surface area contributed by atoms with Gasteiger partial charge in [-0.2, -0.15) is 5.10 Å². The van der Waals surface area contributed by atoms with Crippen LogP contribution in [0.5, 0.6) is 0 Å². The van der Waals surface area contributed by atoms with Gasteiger partial charge in [-0.05, 0) is 31.0 Å². The summed E-state index contributed by atoms with van der Waals surface area (Å²) in [6, 6.07) is 3.59. The SMILES string of the molecule is NCC1CC(=O)c2c(-c3ccco3)n[nH]c2C1. The Labute approximate surface area is 98.0 Å². The number of aromatic amines is 1. The van der Waals surface area contributed by atoms with Crippen molar-refractivity contribution < 1.29 is 9.21 Å². The molecule has 1 aliphatic carbocycles. The zero-order valence-corrected chi connectivity index (χ0v) is 9.27. The fourth-order valence-corrected chi connectivity index (χ4v) is 2.31. The number of furan rings is 1. The normalized spacial score (nSPS) is 19.4. The van der Waals surface area contributed by atoms with E-state index in [9.17, 15) is 4.79 Å². The number of rotatable bonds is 2. The Morgan fingerprint density at radius 2 is 2.41 bits per heavy atom. The number of hydrogen-bond acceptors (Lipinski definition) is 4. The minimum Gasteiger partial charge on any atom is -0.463 e. The maximum Gasteiger partial charge on any atom is 0.167 e. The zero-order chi connectivity index (χ0) is 11.8. The Morgan fingerprint density at radius 3 is 3.12 bits per heavy atom. The van der Waals surface area contributed by atoms with E-state index in [4.69, 9.17) is 10.2 Å². The Hall–Kier alpha value is -1.88. The first kappa shape index (κ1) is 10.3.